The first-order valence-corrected chi connectivity index (χ1v) is 3.62. The Morgan fingerprint density at radius 2 is 2.18 bits per heavy atom. The average molecular weight is 182 g/mol. The largest absolute Gasteiger partial charge is 0.436 e. The van der Waals surface area contributed by atoms with Crippen LogP contribution in [0.25, 0.3) is 0 Å². The molecule has 2 nitrogen and oxygen atoms in total. The van der Waals surface area contributed by atoms with Crippen LogP contribution < -0.4 is 5.32 Å². The van der Waals surface area contributed by atoms with Gasteiger partial charge in [-0.2, -0.15) is 13.2 Å². The van der Waals surface area contributed by atoms with Crippen LogP contribution in [0.4, 0.5) is 18.2 Å². The predicted octanol–water partition coefficient (Wildman–Crippen LogP) is 2.20. The molecule has 1 heterocycles. The van der Waals surface area contributed by atoms with E-state index in [2.05, 4.69) is 10.3 Å². The topological polar surface area (TPSA) is 24.9 Å². The molecule has 0 aliphatic rings. The lowest BCUT2D eigenvalue weighted by Crippen LogP contribution is -2.07. The van der Waals surface area contributed by atoms with Crippen molar-refractivity contribution >= 4 is 16.3 Å². The van der Waals surface area contributed by atoms with Gasteiger partial charge in [0.05, 0.1) is 5.51 Å². The van der Waals surface area contributed by atoms with Crippen LogP contribution in [0.2, 0.25) is 0 Å². The zero-order valence-corrected chi connectivity index (χ0v) is 6.38. The van der Waals surface area contributed by atoms with Gasteiger partial charge in [0.2, 0.25) is 0 Å². The summed E-state index contributed by atoms with van der Waals surface area (Å²) in [6, 6.07) is 0. The van der Waals surface area contributed by atoms with E-state index in [1.807, 2.05) is 0 Å². The number of nitrogens with one attached hydrogen (secondary N) is 1. The van der Waals surface area contributed by atoms with Crippen LogP contribution >= 0.6 is 11.3 Å². The lowest BCUT2D eigenvalue weighted by Gasteiger charge is -2.04. The molecule has 0 atom stereocenters. The van der Waals surface area contributed by atoms with Crippen molar-refractivity contribution in [1.29, 1.82) is 0 Å². The Labute approximate surface area is 65.1 Å². The van der Waals surface area contributed by atoms with Gasteiger partial charge in [0.25, 0.3) is 0 Å². The van der Waals surface area contributed by atoms with E-state index >= 15 is 0 Å². The fourth-order valence-electron chi connectivity index (χ4n) is 0.625. The van der Waals surface area contributed by atoms with Crippen molar-refractivity contribution in [3.05, 3.63) is 11.2 Å². The second-order valence-electron chi connectivity index (χ2n) is 1.78. The highest BCUT2D eigenvalue weighted by molar-refractivity contribution is 7.14. The van der Waals surface area contributed by atoms with Gasteiger partial charge in [-0.15, -0.1) is 11.3 Å². The van der Waals surface area contributed by atoms with Gasteiger partial charge in [-0.1, -0.05) is 0 Å². The molecule has 0 spiro atoms. The molecule has 0 unspecified atom stereocenters. The minimum Gasteiger partial charge on any atom is -0.378 e. The number of hydrogen-bond acceptors (Lipinski definition) is 3. The van der Waals surface area contributed by atoms with Gasteiger partial charge in [-0.05, 0) is 0 Å². The van der Waals surface area contributed by atoms with Crippen molar-refractivity contribution in [3.8, 4) is 0 Å². The minimum atomic E-state index is -4.35. The Morgan fingerprint density at radius 1 is 1.55 bits per heavy atom. The standard InChI is InChI=1S/C5H5F3N2S/c1-9-4-3(5(6,7)8)10-2-11-4/h2,9H,1H3. The lowest BCUT2D eigenvalue weighted by molar-refractivity contribution is -0.140. The summed E-state index contributed by atoms with van der Waals surface area (Å²) in [7, 11) is 1.43. The third-order valence-electron chi connectivity index (χ3n) is 1.06. The molecule has 1 aromatic heterocycles. The molecule has 1 rings (SSSR count). The molecule has 0 radical (unpaired) electrons. The molecule has 0 amide bonds. The zero-order chi connectivity index (χ0) is 8.48. The Morgan fingerprint density at radius 3 is 2.55 bits per heavy atom. The summed E-state index contributed by atoms with van der Waals surface area (Å²) >= 11 is 0.934. The van der Waals surface area contributed by atoms with E-state index in [0.717, 1.165) is 16.8 Å². The Hall–Kier alpha value is -0.780. The fourth-order valence-corrected chi connectivity index (χ4v) is 1.29. The molecule has 0 bridgehead atoms. The third-order valence-corrected chi connectivity index (χ3v) is 1.91. The van der Waals surface area contributed by atoms with Gasteiger partial charge >= 0.3 is 6.18 Å². The molecule has 0 aliphatic carbocycles. The second-order valence-corrected chi connectivity index (χ2v) is 2.63. The normalized spacial score (nSPS) is 11.6. The molecule has 1 aromatic rings. The molecule has 0 saturated heterocycles. The summed E-state index contributed by atoms with van der Waals surface area (Å²) in [5, 5.41) is 2.47. The van der Waals surface area contributed by atoms with Crippen molar-refractivity contribution in [2.45, 2.75) is 6.18 Å². The first kappa shape index (κ1) is 8.32. The number of alkyl halides is 3. The highest BCUT2D eigenvalue weighted by Gasteiger charge is 2.36. The van der Waals surface area contributed by atoms with Crippen LogP contribution in [0.5, 0.6) is 0 Å². The van der Waals surface area contributed by atoms with Crippen molar-refractivity contribution in [3.63, 3.8) is 0 Å². The van der Waals surface area contributed by atoms with Crippen LogP contribution in [0, 0.1) is 0 Å². The van der Waals surface area contributed by atoms with Crippen molar-refractivity contribution < 1.29 is 13.2 Å². The van der Waals surface area contributed by atoms with Gasteiger partial charge in [0, 0.05) is 7.05 Å². The van der Waals surface area contributed by atoms with Crippen molar-refractivity contribution in [2.24, 2.45) is 0 Å². The summed E-state index contributed by atoms with van der Waals surface area (Å²) in [6.45, 7) is 0. The first-order valence-electron chi connectivity index (χ1n) is 2.74. The van der Waals surface area contributed by atoms with Crippen molar-refractivity contribution in [1.82, 2.24) is 4.98 Å². The maximum atomic E-state index is 12.0. The van der Waals surface area contributed by atoms with E-state index in [1.165, 1.54) is 7.05 Å². The number of halogens is 3. The maximum Gasteiger partial charge on any atom is 0.436 e. The van der Waals surface area contributed by atoms with E-state index in [1.54, 1.807) is 0 Å². The lowest BCUT2D eigenvalue weighted by atomic mass is 10.4. The SMILES string of the molecule is CNc1scnc1C(F)(F)F. The van der Waals surface area contributed by atoms with E-state index < -0.39 is 11.9 Å². The number of anilines is 1. The quantitative estimate of drug-likeness (QED) is 0.720. The second kappa shape index (κ2) is 2.69. The number of rotatable bonds is 1. The summed E-state index contributed by atoms with van der Waals surface area (Å²) in [5.41, 5.74) is 0.319. The first-order chi connectivity index (χ1) is 5.05. The van der Waals surface area contributed by atoms with Gasteiger partial charge < -0.3 is 5.32 Å². The van der Waals surface area contributed by atoms with E-state index in [0.29, 0.717) is 0 Å². The van der Waals surface area contributed by atoms with Gasteiger partial charge in [0.15, 0.2) is 5.69 Å². The number of thiazole rings is 1. The van der Waals surface area contributed by atoms with Gasteiger partial charge in [-0.3, -0.25) is 0 Å². The molecule has 11 heavy (non-hydrogen) atoms. The molecule has 0 aliphatic heterocycles. The highest BCUT2D eigenvalue weighted by Crippen LogP contribution is 2.35. The third kappa shape index (κ3) is 1.62. The molecule has 0 fully saturated rings. The van der Waals surface area contributed by atoms with Crippen LogP contribution in [0.1, 0.15) is 5.69 Å². The number of hydrogen-bond donors (Lipinski definition) is 1. The highest BCUT2D eigenvalue weighted by atomic mass is 32.1. The molecule has 0 saturated carbocycles. The Balaban J connectivity index is 3.02. The monoisotopic (exact) mass is 182 g/mol. The molecule has 6 heteroatoms. The molecule has 1 N–H and O–H groups in total. The molecule has 0 aromatic carbocycles. The van der Waals surface area contributed by atoms with Crippen LogP contribution in [-0.2, 0) is 6.18 Å². The Bertz CT molecular complexity index is 242. The van der Waals surface area contributed by atoms with E-state index in [4.69, 9.17) is 0 Å². The maximum absolute atomic E-state index is 12.0. The van der Waals surface area contributed by atoms with Crippen LogP contribution in [0.15, 0.2) is 5.51 Å². The predicted molar refractivity (Wildman–Crippen MR) is 36.7 cm³/mol. The van der Waals surface area contributed by atoms with E-state index in [-0.39, 0.29) is 5.00 Å². The average Bonchev–Trinajstić information content (AvgIpc) is 2.31. The fraction of sp³-hybridized carbons (Fsp3) is 0.400. The number of aromatic nitrogens is 1. The molecule has 62 valence electrons. The minimum absolute atomic E-state index is 0.0532. The summed E-state index contributed by atoms with van der Waals surface area (Å²) in [5.74, 6) is 0. The summed E-state index contributed by atoms with van der Waals surface area (Å²) in [4.78, 5) is 3.19. The number of nitrogens with zero attached hydrogens (tertiary/aromatic N) is 1. The Kier molecular flexibility index (Phi) is 2.03. The van der Waals surface area contributed by atoms with Gasteiger partial charge in [-0.25, -0.2) is 4.98 Å². The van der Waals surface area contributed by atoms with E-state index in [9.17, 15) is 13.2 Å². The summed E-state index contributed by atoms with van der Waals surface area (Å²) in [6.07, 6.45) is -4.35. The summed E-state index contributed by atoms with van der Waals surface area (Å²) < 4.78 is 35.9. The zero-order valence-electron chi connectivity index (χ0n) is 5.57. The van der Waals surface area contributed by atoms with Crippen LogP contribution in [0.3, 0.4) is 0 Å². The molecular formula is C5H5F3N2S. The smallest absolute Gasteiger partial charge is 0.378 e. The molecular weight excluding hydrogens is 177 g/mol. The van der Waals surface area contributed by atoms with Gasteiger partial charge in [0.1, 0.15) is 5.00 Å². The van der Waals surface area contributed by atoms with Crippen molar-refractivity contribution in [2.75, 3.05) is 12.4 Å². The van der Waals surface area contributed by atoms with Crippen LogP contribution in [-0.4, -0.2) is 12.0 Å².